The average Bonchev–Trinajstić information content (AvgIpc) is 2.31. The summed E-state index contributed by atoms with van der Waals surface area (Å²) in [7, 11) is 0. The van der Waals surface area contributed by atoms with Crippen LogP contribution in [0.5, 0.6) is 0 Å². The zero-order valence-electron chi connectivity index (χ0n) is 9.63. The van der Waals surface area contributed by atoms with Crippen molar-refractivity contribution in [2.24, 2.45) is 0 Å². The Morgan fingerprint density at radius 1 is 1.07 bits per heavy atom. The molecule has 1 aromatic rings. The number of anilines is 1. The maximum absolute atomic E-state index is 3.63. The van der Waals surface area contributed by atoms with Gasteiger partial charge >= 0.3 is 0 Å². The van der Waals surface area contributed by atoms with Gasteiger partial charge < -0.3 is 5.32 Å². The van der Waals surface area contributed by atoms with E-state index in [2.05, 4.69) is 36.5 Å². The Labute approximate surface area is 92.9 Å². The molecule has 1 fully saturated rings. The van der Waals surface area contributed by atoms with Gasteiger partial charge in [0.2, 0.25) is 0 Å². The third-order valence-corrected chi connectivity index (χ3v) is 3.34. The van der Waals surface area contributed by atoms with Crippen molar-refractivity contribution >= 4 is 5.69 Å². The van der Waals surface area contributed by atoms with Gasteiger partial charge in [-0.25, -0.2) is 0 Å². The molecule has 1 heteroatoms. The second kappa shape index (κ2) is 5.20. The Bertz CT molecular complexity index is 283. The molecule has 0 unspecified atom stereocenters. The minimum absolute atomic E-state index is 0.714. The predicted octanol–water partition coefficient (Wildman–Crippen LogP) is 3.99. The van der Waals surface area contributed by atoms with Gasteiger partial charge in [0.05, 0.1) is 0 Å². The summed E-state index contributed by atoms with van der Waals surface area (Å²) in [5, 5.41) is 3.63. The number of nitrogens with one attached hydrogen (secondary N) is 1. The third kappa shape index (κ3) is 2.98. The number of hydrogen-bond donors (Lipinski definition) is 1. The first kappa shape index (κ1) is 10.5. The van der Waals surface area contributed by atoms with Crippen LogP contribution in [0.15, 0.2) is 24.3 Å². The Kier molecular flexibility index (Phi) is 3.65. The first-order valence-corrected chi connectivity index (χ1v) is 6.24. The van der Waals surface area contributed by atoms with Crippen LogP contribution in [0.25, 0.3) is 0 Å². The summed E-state index contributed by atoms with van der Waals surface area (Å²) in [4.78, 5) is 0. The smallest absolute Gasteiger partial charge is 0.0342 e. The van der Waals surface area contributed by atoms with Crippen LogP contribution in [-0.4, -0.2) is 6.04 Å². The minimum Gasteiger partial charge on any atom is -0.382 e. The maximum Gasteiger partial charge on any atom is 0.0342 e. The molecule has 0 heterocycles. The van der Waals surface area contributed by atoms with Gasteiger partial charge in [-0.3, -0.25) is 0 Å². The van der Waals surface area contributed by atoms with Crippen molar-refractivity contribution in [3.8, 4) is 0 Å². The molecule has 1 saturated carbocycles. The Balaban J connectivity index is 1.91. The van der Waals surface area contributed by atoms with Crippen molar-refractivity contribution in [1.29, 1.82) is 0 Å². The summed E-state index contributed by atoms with van der Waals surface area (Å²) in [6.45, 7) is 2.20. The molecule has 0 bridgehead atoms. The molecular formula is C14H21N. The fourth-order valence-electron chi connectivity index (χ4n) is 2.32. The number of hydrogen-bond acceptors (Lipinski definition) is 1. The van der Waals surface area contributed by atoms with Gasteiger partial charge in [-0.05, 0) is 37.0 Å². The SMILES string of the molecule is CCc1ccc(NC2CCCCC2)cc1. The molecule has 1 N–H and O–H groups in total. The molecule has 1 aliphatic rings. The molecule has 82 valence electrons. The Morgan fingerprint density at radius 2 is 1.73 bits per heavy atom. The zero-order valence-corrected chi connectivity index (χ0v) is 9.63. The normalized spacial score (nSPS) is 17.7. The highest BCUT2D eigenvalue weighted by molar-refractivity contribution is 5.45. The highest BCUT2D eigenvalue weighted by atomic mass is 14.9. The number of benzene rings is 1. The van der Waals surface area contributed by atoms with E-state index in [1.54, 1.807) is 0 Å². The molecule has 1 nitrogen and oxygen atoms in total. The molecule has 0 saturated heterocycles. The molecule has 2 rings (SSSR count). The van der Waals surface area contributed by atoms with Crippen LogP contribution in [-0.2, 0) is 6.42 Å². The molecule has 0 spiro atoms. The van der Waals surface area contributed by atoms with Crippen molar-refractivity contribution in [1.82, 2.24) is 0 Å². The lowest BCUT2D eigenvalue weighted by atomic mass is 9.95. The molecular weight excluding hydrogens is 182 g/mol. The first-order valence-electron chi connectivity index (χ1n) is 6.24. The zero-order chi connectivity index (χ0) is 10.5. The lowest BCUT2D eigenvalue weighted by molar-refractivity contribution is 0.463. The van der Waals surface area contributed by atoms with E-state index in [-0.39, 0.29) is 0 Å². The summed E-state index contributed by atoms with van der Waals surface area (Å²) in [6, 6.07) is 9.60. The fourth-order valence-corrected chi connectivity index (χ4v) is 2.32. The lowest BCUT2D eigenvalue weighted by Gasteiger charge is -2.23. The largest absolute Gasteiger partial charge is 0.382 e. The second-order valence-electron chi connectivity index (χ2n) is 4.53. The van der Waals surface area contributed by atoms with E-state index in [9.17, 15) is 0 Å². The highest BCUT2D eigenvalue weighted by Crippen LogP contribution is 2.21. The summed E-state index contributed by atoms with van der Waals surface area (Å²) in [6.07, 6.45) is 8.02. The molecule has 0 atom stereocenters. The molecule has 0 amide bonds. The highest BCUT2D eigenvalue weighted by Gasteiger charge is 2.12. The third-order valence-electron chi connectivity index (χ3n) is 3.34. The van der Waals surface area contributed by atoms with Crippen molar-refractivity contribution in [2.45, 2.75) is 51.5 Å². The van der Waals surface area contributed by atoms with E-state index in [4.69, 9.17) is 0 Å². The van der Waals surface area contributed by atoms with Gasteiger partial charge in [0.25, 0.3) is 0 Å². The van der Waals surface area contributed by atoms with Crippen molar-refractivity contribution in [2.75, 3.05) is 5.32 Å². The van der Waals surface area contributed by atoms with Crippen LogP contribution >= 0.6 is 0 Å². The average molecular weight is 203 g/mol. The molecule has 1 aliphatic carbocycles. The first-order chi connectivity index (χ1) is 7.38. The summed E-state index contributed by atoms with van der Waals surface area (Å²) in [5.74, 6) is 0. The van der Waals surface area contributed by atoms with Crippen LogP contribution in [0, 0.1) is 0 Å². The van der Waals surface area contributed by atoms with Crippen molar-refractivity contribution < 1.29 is 0 Å². The molecule has 0 radical (unpaired) electrons. The number of aryl methyl sites for hydroxylation is 1. The van der Waals surface area contributed by atoms with Gasteiger partial charge in [-0.1, -0.05) is 38.3 Å². The molecule has 0 aliphatic heterocycles. The van der Waals surface area contributed by atoms with Crippen LogP contribution in [0.1, 0.15) is 44.6 Å². The lowest BCUT2D eigenvalue weighted by Crippen LogP contribution is -2.22. The van der Waals surface area contributed by atoms with Crippen LogP contribution < -0.4 is 5.32 Å². The Morgan fingerprint density at radius 3 is 2.33 bits per heavy atom. The summed E-state index contributed by atoms with van der Waals surface area (Å²) >= 11 is 0. The van der Waals surface area contributed by atoms with E-state index >= 15 is 0 Å². The van der Waals surface area contributed by atoms with Crippen LogP contribution in [0.4, 0.5) is 5.69 Å². The van der Waals surface area contributed by atoms with E-state index in [0.29, 0.717) is 6.04 Å². The van der Waals surface area contributed by atoms with Gasteiger partial charge in [0.1, 0.15) is 0 Å². The van der Waals surface area contributed by atoms with Gasteiger partial charge in [0, 0.05) is 11.7 Å². The summed E-state index contributed by atoms with van der Waals surface area (Å²) < 4.78 is 0. The van der Waals surface area contributed by atoms with Gasteiger partial charge in [0.15, 0.2) is 0 Å². The predicted molar refractivity (Wildman–Crippen MR) is 66.3 cm³/mol. The summed E-state index contributed by atoms with van der Waals surface area (Å²) in [5.41, 5.74) is 2.71. The fraction of sp³-hybridized carbons (Fsp3) is 0.571. The Hall–Kier alpha value is -0.980. The van der Waals surface area contributed by atoms with Gasteiger partial charge in [-0.15, -0.1) is 0 Å². The standard InChI is InChI=1S/C14H21N/c1-2-12-8-10-14(11-9-12)15-13-6-4-3-5-7-13/h8-11,13,15H,2-7H2,1H3. The monoisotopic (exact) mass is 203 g/mol. The van der Waals surface area contributed by atoms with E-state index in [1.165, 1.54) is 43.4 Å². The topological polar surface area (TPSA) is 12.0 Å². The van der Waals surface area contributed by atoms with E-state index in [1.807, 2.05) is 0 Å². The van der Waals surface area contributed by atoms with E-state index < -0.39 is 0 Å². The molecule has 15 heavy (non-hydrogen) atoms. The van der Waals surface area contributed by atoms with Crippen molar-refractivity contribution in [3.63, 3.8) is 0 Å². The molecule has 0 aromatic heterocycles. The molecule has 1 aromatic carbocycles. The minimum atomic E-state index is 0.714. The van der Waals surface area contributed by atoms with Crippen LogP contribution in [0.2, 0.25) is 0 Å². The van der Waals surface area contributed by atoms with Crippen LogP contribution in [0.3, 0.4) is 0 Å². The second-order valence-corrected chi connectivity index (χ2v) is 4.53. The maximum atomic E-state index is 3.63. The number of rotatable bonds is 3. The van der Waals surface area contributed by atoms with Crippen molar-refractivity contribution in [3.05, 3.63) is 29.8 Å². The van der Waals surface area contributed by atoms with Gasteiger partial charge in [-0.2, -0.15) is 0 Å². The quantitative estimate of drug-likeness (QED) is 0.783. The van der Waals surface area contributed by atoms with E-state index in [0.717, 1.165) is 6.42 Å².